The van der Waals surface area contributed by atoms with E-state index in [9.17, 15) is 13.2 Å². The van der Waals surface area contributed by atoms with E-state index >= 15 is 0 Å². The number of thioether (sulfide) groups is 1. The van der Waals surface area contributed by atoms with Gasteiger partial charge in [-0.05, 0) is 49.4 Å². The van der Waals surface area contributed by atoms with Crippen LogP contribution in [0.4, 0.5) is 11.4 Å². The molecule has 2 aromatic carbocycles. The van der Waals surface area contributed by atoms with Crippen LogP contribution in [0.2, 0.25) is 0 Å². The van der Waals surface area contributed by atoms with Gasteiger partial charge >= 0.3 is 0 Å². The maximum absolute atomic E-state index is 13.5. The van der Waals surface area contributed by atoms with Crippen LogP contribution < -0.4 is 13.9 Å². The lowest BCUT2D eigenvalue weighted by Gasteiger charge is -2.34. The first-order valence-corrected chi connectivity index (χ1v) is 11.6. The summed E-state index contributed by atoms with van der Waals surface area (Å²) in [6.07, 6.45) is 0.616. The minimum absolute atomic E-state index is 0.0800. The number of amides is 1. The third-order valence-electron chi connectivity index (χ3n) is 4.86. The topological polar surface area (TPSA) is 66.9 Å². The van der Waals surface area contributed by atoms with Gasteiger partial charge in [-0.2, -0.15) is 0 Å². The van der Waals surface area contributed by atoms with Crippen LogP contribution in [-0.2, 0) is 14.8 Å². The minimum Gasteiger partial charge on any atom is -0.487 e. The maximum atomic E-state index is 13.5. The number of para-hydroxylation sites is 2. The van der Waals surface area contributed by atoms with Gasteiger partial charge in [0.15, 0.2) is 0 Å². The molecule has 1 atom stereocenters. The minimum atomic E-state index is -3.80. The van der Waals surface area contributed by atoms with E-state index in [4.69, 9.17) is 4.74 Å². The number of fused-ring (bicyclic) bond motifs is 2. The summed E-state index contributed by atoms with van der Waals surface area (Å²) in [6.45, 7) is 4.20. The zero-order chi connectivity index (χ0) is 19.9. The average molecular weight is 419 g/mol. The van der Waals surface area contributed by atoms with Gasteiger partial charge in [0.1, 0.15) is 11.9 Å². The predicted molar refractivity (Wildman–Crippen MR) is 111 cm³/mol. The zero-order valence-corrected chi connectivity index (χ0v) is 17.4. The van der Waals surface area contributed by atoms with E-state index in [1.54, 1.807) is 47.0 Å². The number of benzene rings is 2. The number of ether oxygens (including phenoxy) is 1. The summed E-state index contributed by atoms with van der Waals surface area (Å²) in [5, 5.41) is 0. The molecule has 148 valence electrons. The highest BCUT2D eigenvalue weighted by Crippen LogP contribution is 2.39. The lowest BCUT2D eigenvalue weighted by Crippen LogP contribution is -2.42. The highest BCUT2D eigenvalue weighted by Gasteiger charge is 2.33. The second-order valence-corrected chi connectivity index (χ2v) is 9.93. The summed E-state index contributed by atoms with van der Waals surface area (Å²) in [5.41, 5.74) is 1.21. The van der Waals surface area contributed by atoms with Gasteiger partial charge in [-0.3, -0.25) is 9.10 Å². The number of carbonyl (C=O) groups is 1. The SMILES string of the molecule is CC(=O)N1CCCSc2ccc(S(=O)(=O)N3CC(C)Oc4ccccc43)cc21. The van der Waals surface area contributed by atoms with Crippen LogP contribution in [0.5, 0.6) is 5.75 Å². The smallest absolute Gasteiger partial charge is 0.264 e. The van der Waals surface area contributed by atoms with E-state index in [1.807, 2.05) is 19.1 Å². The zero-order valence-electron chi connectivity index (χ0n) is 15.8. The van der Waals surface area contributed by atoms with E-state index in [-0.39, 0.29) is 23.5 Å². The molecule has 0 fully saturated rings. The number of sulfonamides is 1. The van der Waals surface area contributed by atoms with Crippen LogP contribution in [-0.4, -0.2) is 39.3 Å². The van der Waals surface area contributed by atoms with Crippen molar-refractivity contribution in [2.24, 2.45) is 0 Å². The summed E-state index contributed by atoms with van der Waals surface area (Å²) < 4.78 is 34.2. The van der Waals surface area contributed by atoms with Crippen LogP contribution in [0.1, 0.15) is 20.3 Å². The third kappa shape index (κ3) is 3.35. The normalized spacial score (nSPS) is 19.3. The standard InChI is InChI=1S/C20H22N2O4S2/c1-14-13-22(17-6-3-4-7-19(17)26-14)28(24,25)16-8-9-20-18(12-16)21(15(2)23)10-5-11-27-20/h3-4,6-9,12,14H,5,10-11,13H2,1-2H3. The molecule has 0 spiro atoms. The fourth-order valence-electron chi connectivity index (χ4n) is 3.55. The summed E-state index contributed by atoms with van der Waals surface area (Å²) >= 11 is 1.65. The molecule has 2 aliphatic heterocycles. The highest BCUT2D eigenvalue weighted by atomic mass is 32.2. The van der Waals surface area contributed by atoms with Gasteiger partial charge in [0.05, 0.1) is 22.8 Å². The summed E-state index contributed by atoms with van der Waals surface area (Å²) in [5.74, 6) is 1.38. The van der Waals surface area contributed by atoms with Crippen LogP contribution in [0, 0.1) is 0 Å². The Morgan fingerprint density at radius 2 is 1.96 bits per heavy atom. The molecule has 0 N–H and O–H groups in total. The molecule has 1 amide bonds. The van der Waals surface area contributed by atoms with Crippen LogP contribution >= 0.6 is 11.8 Å². The van der Waals surface area contributed by atoms with Gasteiger partial charge in [-0.1, -0.05) is 12.1 Å². The molecule has 28 heavy (non-hydrogen) atoms. The molecule has 0 saturated carbocycles. The van der Waals surface area contributed by atoms with E-state index < -0.39 is 10.0 Å². The fraction of sp³-hybridized carbons (Fsp3) is 0.350. The van der Waals surface area contributed by atoms with Gasteiger partial charge in [-0.15, -0.1) is 11.8 Å². The Hall–Kier alpha value is -2.19. The van der Waals surface area contributed by atoms with Crippen LogP contribution in [0.3, 0.4) is 0 Å². The molecule has 8 heteroatoms. The number of hydrogen-bond acceptors (Lipinski definition) is 5. The molecule has 6 nitrogen and oxygen atoms in total. The molecule has 0 radical (unpaired) electrons. The fourth-order valence-corrected chi connectivity index (χ4v) is 6.09. The molecule has 1 unspecified atom stereocenters. The molecular formula is C20H22N2O4S2. The Balaban J connectivity index is 1.80. The Kier molecular flexibility index (Phi) is 5.01. The van der Waals surface area contributed by atoms with Crippen molar-refractivity contribution in [2.75, 3.05) is 28.0 Å². The van der Waals surface area contributed by atoms with E-state index in [2.05, 4.69) is 0 Å². The van der Waals surface area contributed by atoms with E-state index in [1.165, 1.54) is 11.2 Å². The molecule has 4 rings (SSSR count). The summed E-state index contributed by atoms with van der Waals surface area (Å²) in [4.78, 5) is 14.9. The van der Waals surface area contributed by atoms with Crippen molar-refractivity contribution in [3.63, 3.8) is 0 Å². The summed E-state index contributed by atoms with van der Waals surface area (Å²) in [6, 6.07) is 12.2. The molecule has 0 saturated heterocycles. The monoisotopic (exact) mass is 418 g/mol. The van der Waals surface area contributed by atoms with Gasteiger partial charge in [0, 0.05) is 18.4 Å². The Bertz CT molecular complexity index is 1020. The molecule has 0 bridgehead atoms. The number of anilines is 2. The molecular weight excluding hydrogens is 396 g/mol. The largest absolute Gasteiger partial charge is 0.487 e. The molecule has 2 heterocycles. The van der Waals surface area contributed by atoms with E-state index in [0.717, 1.165) is 17.1 Å². The lowest BCUT2D eigenvalue weighted by atomic mass is 10.2. The molecule has 0 aromatic heterocycles. The first-order chi connectivity index (χ1) is 13.4. The Morgan fingerprint density at radius 1 is 1.18 bits per heavy atom. The van der Waals surface area contributed by atoms with Gasteiger partial charge in [0.2, 0.25) is 5.91 Å². The molecule has 0 aliphatic carbocycles. The quantitative estimate of drug-likeness (QED) is 0.747. The molecule has 2 aliphatic rings. The molecule has 2 aromatic rings. The van der Waals surface area contributed by atoms with Gasteiger partial charge in [0.25, 0.3) is 10.0 Å². The average Bonchev–Trinajstić information content (AvgIpc) is 2.89. The Morgan fingerprint density at radius 3 is 2.75 bits per heavy atom. The Labute approximate surface area is 169 Å². The number of rotatable bonds is 2. The highest BCUT2D eigenvalue weighted by molar-refractivity contribution is 7.99. The van der Waals surface area contributed by atoms with Gasteiger partial charge < -0.3 is 9.64 Å². The third-order valence-corrected chi connectivity index (χ3v) is 7.78. The van der Waals surface area contributed by atoms with Crippen molar-refractivity contribution in [1.82, 2.24) is 0 Å². The van der Waals surface area contributed by atoms with Crippen molar-refractivity contribution >= 4 is 39.1 Å². The maximum Gasteiger partial charge on any atom is 0.264 e. The number of nitrogens with zero attached hydrogens (tertiary/aromatic N) is 2. The van der Waals surface area contributed by atoms with Crippen molar-refractivity contribution in [1.29, 1.82) is 0 Å². The van der Waals surface area contributed by atoms with E-state index in [0.29, 0.717) is 23.7 Å². The number of carbonyl (C=O) groups excluding carboxylic acids is 1. The van der Waals surface area contributed by atoms with Crippen molar-refractivity contribution < 1.29 is 17.9 Å². The second kappa shape index (κ2) is 7.33. The summed E-state index contributed by atoms with van der Waals surface area (Å²) in [7, 11) is -3.80. The number of hydrogen-bond donors (Lipinski definition) is 0. The second-order valence-electron chi connectivity index (χ2n) is 6.93. The van der Waals surface area contributed by atoms with Crippen LogP contribution in [0.15, 0.2) is 52.3 Å². The lowest BCUT2D eigenvalue weighted by molar-refractivity contribution is -0.116. The first kappa shape index (κ1) is 19.1. The van der Waals surface area contributed by atoms with Crippen molar-refractivity contribution in [2.45, 2.75) is 36.2 Å². The van der Waals surface area contributed by atoms with Crippen LogP contribution in [0.25, 0.3) is 0 Å². The first-order valence-electron chi connectivity index (χ1n) is 9.21. The predicted octanol–water partition coefficient (Wildman–Crippen LogP) is 3.51. The van der Waals surface area contributed by atoms with Crippen molar-refractivity contribution in [3.8, 4) is 5.75 Å². The van der Waals surface area contributed by atoms with Gasteiger partial charge in [-0.25, -0.2) is 8.42 Å². The van der Waals surface area contributed by atoms with Crippen molar-refractivity contribution in [3.05, 3.63) is 42.5 Å².